The third kappa shape index (κ3) is 9.64. The first-order valence-electron chi connectivity index (χ1n) is 14.0. The molecule has 3 aromatic rings. The van der Waals surface area contributed by atoms with Crippen molar-refractivity contribution >= 4 is 29.2 Å². The standard InChI is InChI=1S/C34H38N2O5/c1-23(2)29(32(39)34(41)35-22-26-15-9-5-10-16-26)21-30(37)24(3)36-33(40)28(19-25-13-7-4-8-14-25)20-31(38)27-17-11-6-12-18-27/h4-18,23-24,28-29H,19-22H2,1-3H3,(H,35,41)(H,36,40)/t24-,28+,29-/m0/s1. The third-order valence-corrected chi connectivity index (χ3v) is 7.15. The molecule has 41 heavy (non-hydrogen) atoms. The normalized spacial score (nSPS) is 13.1. The van der Waals surface area contributed by atoms with Crippen molar-refractivity contribution in [3.63, 3.8) is 0 Å². The monoisotopic (exact) mass is 554 g/mol. The van der Waals surface area contributed by atoms with Crippen molar-refractivity contribution in [3.8, 4) is 0 Å². The van der Waals surface area contributed by atoms with E-state index in [0.29, 0.717) is 12.0 Å². The lowest BCUT2D eigenvalue weighted by molar-refractivity contribution is -0.142. The lowest BCUT2D eigenvalue weighted by Crippen LogP contribution is -2.45. The fraction of sp³-hybridized carbons (Fsp3) is 0.324. The van der Waals surface area contributed by atoms with Crippen molar-refractivity contribution in [1.82, 2.24) is 10.6 Å². The molecule has 0 aliphatic carbocycles. The maximum atomic E-state index is 13.4. The molecule has 0 radical (unpaired) electrons. The third-order valence-electron chi connectivity index (χ3n) is 7.15. The van der Waals surface area contributed by atoms with Crippen LogP contribution >= 0.6 is 0 Å². The number of hydrogen-bond acceptors (Lipinski definition) is 5. The molecule has 0 heterocycles. The predicted molar refractivity (Wildman–Crippen MR) is 158 cm³/mol. The van der Waals surface area contributed by atoms with Gasteiger partial charge < -0.3 is 10.6 Å². The first-order chi connectivity index (χ1) is 19.7. The van der Waals surface area contributed by atoms with Crippen molar-refractivity contribution in [3.05, 3.63) is 108 Å². The predicted octanol–water partition coefficient (Wildman–Crippen LogP) is 4.74. The molecule has 0 aliphatic rings. The lowest BCUT2D eigenvalue weighted by atomic mass is 9.85. The van der Waals surface area contributed by atoms with E-state index in [2.05, 4.69) is 10.6 Å². The molecule has 0 saturated carbocycles. The van der Waals surface area contributed by atoms with E-state index in [1.807, 2.05) is 66.7 Å². The Morgan fingerprint density at radius 1 is 0.683 bits per heavy atom. The minimum atomic E-state index is -0.894. The minimum Gasteiger partial charge on any atom is -0.346 e. The van der Waals surface area contributed by atoms with Gasteiger partial charge in [-0.25, -0.2) is 0 Å². The summed E-state index contributed by atoms with van der Waals surface area (Å²) in [5, 5.41) is 5.40. The summed E-state index contributed by atoms with van der Waals surface area (Å²) in [6.45, 7) is 5.35. The summed E-state index contributed by atoms with van der Waals surface area (Å²) in [4.78, 5) is 65.0. The maximum absolute atomic E-state index is 13.4. The molecule has 2 N–H and O–H groups in total. The summed E-state index contributed by atoms with van der Waals surface area (Å²) in [6, 6.07) is 26.5. The van der Waals surface area contributed by atoms with Crippen LogP contribution in [-0.4, -0.2) is 35.2 Å². The zero-order valence-electron chi connectivity index (χ0n) is 23.8. The Labute approximate surface area is 241 Å². The van der Waals surface area contributed by atoms with Crippen LogP contribution in [0, 0.1) is 17.8 Å². The van der Waals surface area contributed by atoms with E-state index in [-0.39, 0.29) is 36.9 Å². The molecule has 0 unspecified atom stereocenters. The van der Waals surface area contributed by atoms with Crippen LogP contribution in [0.25, 0.3) is 0 Å². The molecule has 0 aliphatic heterocycles. The summed E-state index contributed by atoms with van der Waals surface area (Å²) < 4.78 is 0. The largest absolute Gasteiger partial charge is 0.346 e. The highest BCUT2D eigenvalue weighted by atomic mass is 16.2. The summed E-state index contributed by atoms with van der Waals surface area (Å²) in [6.07, 6.45) is 0.143. The summed E-state index contributed by atoms with van der Waals surface area (Å²) in [5.74, 6) is -4.08. The molecule has 0 spiro atoms. The molecule has 0 saturated heterocycles. The summed E-state index contributed by atoms with van der Waals surface area (Å²) in [5.41, 5.74) is 2.28. The highest BCUT2D eigenvalue weighted by Gasteiger charge is 2.32. The highest BCUT2D eigenvalue weighted by molar-refractivity contribution is 6.37. The van der Waals surface area contributed by atoms with Crippen molar-refractivity contribution in [1.29, 1.82) is 0 Å². The fourth-order valence-electron chi connectivity index (χ4n) is 4.59. The second kappa shape index (κ2) is 15.4. The Bertz CT molecular complexity index is 1320. The van der Waals surface area contributed by atoms with Gasteiger partial charge in [0.15, 0.2) is 11.6 Å². The van der Waals surface area contributed by atoms with Crippen LogP contribution in [-0.2, 0) is 32.1 Å². The molecule has 214 valence electrons. The van der Waals surface area contributed by atoms with Crippen molar-refractivity contribution in [2.24, 2.45) is 17.8 Å². The first kappa shape index (κ1) is 31.1. The number of carbonyl (C=O) groups excluding carboxylic acids is 5. The minimum absolute atomic E-state index is 0.0135. The number of hydrogen-bond donors (Lipinski definition) is 2. The van der Waals surface area contributed by atoms with Crippen LogP contribution < -0.4 is 10.6 Å². The number of benzene rings is 3. The fourth-order valence-corrected chi connectivity index (χ4v) is 4.59. The molecule has 0 bridgehead atoms. The quantitative estimate of drug-likeness (QED) is 0.208. The number of amides is 2. The SMILES string of the molecule is CC(C)[C@H](CC(=O)[C@H](C)NC(=O)[C@@H](CC(=O)c1ccccc1)Cc1ccccc1)C(=O)C(=O)NCc1ccccc1. The van der Waals surface area contributed by atoms with Gasteiger partial charge in [-0.2, -0.15) is 0 Å². The maximum Gasteiger partial charge on any atom is 0.287 e. The Balaban J connectivity index is 1.64. The van der Waals surface area contributed by atoms with Gasteiger partial charge in [-0.1, -0.05) is 105 Å². The van der Waals surface area contributed by atoms with Gasteiger partial charge in [0.1, 0.15) is 0 Å². The van der Waals surface area contributed by atoms with Crippen molar-refractivity contribution in [2.75, 3.05) is 0 Å². The molecule has 3 rings (SSSR count). The summed E-state index contributed by atoms with van der Waals surface area (Å²) >= 11 is 0. The van der Waals surface area contributed by atoms with E-state index in [9.17, 15) is 24.0 Å². The van der Waals surface area contributed by atoms with Crippen molar-refractivity contribution < 1.29 is 24.0 Å². The van der Waals surface area contributed by atoms with Gasteiger partial charge in [-0.15, -0.1) is 0 Å². The van der Waals surface area contributed by atoms with Crippen LogP contribution in [0.3, 0.4) is 0 Å². The van der Waals surface area contributed by atoms with E-state index < -0.39 is 35.5 Å². The van der Waals surface area contributed by atoms with Crippen molar-refractivity contribution in [2.45, 2.75) is 52.6 Å². The topological polar surface area (TPSA) is 109 Å². The van der Waals surface area contributed by atoms with Gasteiger partial charge >= 0.3 is 0 Å². The van der Waals surface area contributed by atoms with Gasteiger partial charge in [-0.05, 0) is 30.4 Å². The van der Waals surface area contributed by atoms with E-state index in [1.54, 1.807) is 45.0 Å². The van der Waals surface area contributed by atoms with E-state index in [1.165, 1.54) is 0 Å². The number of nitrogens with one attached hydrogen (secondary N) is 2. The second-order valence-corrected chi connectivity index (χ2v) is 10.7. The lowest BCUT2D eigenvalue weighted by Gasteiger charge is -2.23. The van der Waals surface area contributed by atoms with Gasteiger partial charge in [-0.3, -0.25) is 24.0 Å². The zero-order valence-corrected chi connectivity index (χ0v) is 23.8. The molecule has 0 aromatic heterocycles. The van der Waals surface area contributed by atoms with Gasteiger partial charge in [0, 0.05) is 36.8 Å². The number of ketones is 3. The second-order valence-electron chi connectivity index (χ2n) is 10.7. The average molecular weight is 555 g/mol. The zero-order chi connectivity index (χ0) is 29.8. The Morgan fingerprint density at radius 3 is 1.78 bits per heavy atom. The van der Waals surface area contributed by atoms with Crippen LogP contribution in [0.2, 0.25) is 0 Å². The van der Waals surface area contributed by atoms with Crippen LogP contribution in [0.5, 0.6) is 0 Å². The van der Waals surface area contributed by atoms with Gasteiger partial charge in [0.2, 0.25) is 11.7 Å². The smallest absolute Gasteiger partial charge is 0.287 e. The Hall–Kier alpha value is -4.39. The number of rotatable bonds is 15. The molecule has 2 amide bonds. The van der Waals surface area contributed by atoms with Gasteiger partial charge in [0.05, 0.1) is 6.04 Å². The first-order valence-corrected chi connectivity index (χ1v) is 14.0. The molecule has 3 aromatic carbocycles. The van der Waals surface area contributed by atoms with Crippen LogP contribution in [0.4, 0.5) is 0 Å². The molecular formula is C34H38N2O5. The van der Waals surface area contributed by atoms with Crippen LogP contribution in [0.15, 0.2) is 91.0 Å². The van der Waals surface area contributed by atoms with E-state index >= 15 is 0 Å². The summed E-state index contributed by atoms with van der Waals surface area (Å²) in [7, 11) is 0. The highest BCUT2D eigenvalue weighted by Crippen LogP contribution is 2.20. The molecular weight excluding hydrogens is 516 g/mol. The molecule has 3 atom stereocenters. The van der Waals surface area contributed by atoms with Crippen LogP contribution in [0.1, 0.15) is 55.1 Å². The Kier molecular flexibility index (Phi) is 11.7. The molecule has 0 fully saturated rings. The number of carbonyl (C=O) groups is 5. The van der Waals surface area contributed by atoms with E-state index in [0.717, 1.165) is 11.1 Å². The molecule has 7 heteroatoms. The van der Waals surface area contributed by atoms with E-state index in [4.69, 9.17) is 0 Å². The Morgan fingerprint density at radius 2 is 1.22 bits per heavy atom. The average Bonchev–Trinajstić information content (AvgIpc) is 2.99. The molecule has 7 nitrogen and oxygen atoms in total. The number of Topliss-reactive ketones (excluding diaryl/α,β-unsaturated/α-hetero) is 3. The van der Waals surface area contributed by atoms with Gasteiger partial charge in [0.25, 0.3) is 5.91 Å².